The Morgan fingerprint density at radius 2 is 1.56 bits per heavy atom. The van der Waals surface area contributed by atoms with Crippen molar-refractivity contribution in [2.75, 3.05) is 23.4 Å². The number of ether oxygens (including phenoxy) is 2. The molecule has 0 saturated heterocycles. The van der Waals surface area contributed by atoms with Gasteiger partial charge in [-0.2, -0.15) is 0 Å². The molecule has 6 nitrogen and oxygen atoms in total. The Kier molecular flexibility index (Phi) is 5.11. The fraction of sp³-hybridized carbons (Fsp3) is 0.154. The lowest BCUT2D eigenvalue weighted by molar-refractivity contribution is -0.120. The molecule has 0 radical (unpaired) electrons. The Hall–Kier alpha value is -4.06. The second kappa shape index (κ2) is 8.23. The summed E-state index contributed by atoms with van der Waals surface area (Å²) in [6, 6.07) is 22.1. The van der Waals surface area contributed by atoms with Gasteiger partial charge in [0.05, 0.1) is 11.3 Å². The number of nitrogens with one attached hydrogen (secondary N) is 1. The van der Waals surface area contributed by atoms with Crippen LogP contribution in [0.5, 0.6) is 11.5 Å². The van der Waals surface area contributed by atoms with Crippen LogP contribution in [0.4, 0.5) is 11.4 Å². The first-order valence-electron chi connectivity index (χ1n) is 10.6. The van der Waals surface area contributed by atoms with Crippen LogP contribution in [0.25, 0.3) is 5.57 Å². The van der Waals surface area contributed by atoms with E-state index in [1.807, 2.05) is 54.6 Å². The molecule has 0 spiro atoms. The van der Waals surface area contributed by atoms with Crippen molar-refractivity contribution in [3.8, 4) is 11.5 Å². The minimum atomic E-state index is -0.395. The summed E-state index contributed by atoms with van der Waals surface area (Å²) in [5.41, 5.74) is 3.58. The van der Waals surface area contributed by atoms with Gasteiger partial charge in [0.25, 0.3) is 11.8 Å². The Labute approximate surface area is 186 Å². The van der Waals surface area contributed by atoms with E-state index in [1.165, 1.54) is 4.90 Å². The predicted octanol–water partition coefficient (Wildman–Crippen LogP) is 4.42. The average molecular weight is 426 g/mol. The molecular formula is C26H22N2O4. The van der Waals surface area contributed by atoms with Crippen LogP contribution >= 0.6 is 0 Å². The van der Waals surface area contributed by atoms with Crippen LogP contribution in [0, 0.1) is 0 Å². The Bertz CT molecular complexity index is 1220. The number of aryl methyl sites for hydroxylation is 1. The van der Waals surface area contributed by atoms with E-state index in [0.29, 0.717) is 47.2 Å². The van der Waals surface area contributed by atoms with Crippen LogP contribution in [0.2, 0.25) is 0 Å². The molecule has 0 fully saturated rings. The van der Waals surface area contributed by atoms with Crippen LogP contribution in [0.15, 0.2) is 78.5 Å². The van der Waals surface area contributed by atoms with Crippen molar-refractivity contribution >= 4 is 28.8 Å². The fourth-order valence-electron chi connectivity index (χ4n) is 3.90. The Morgan fingerprint density at radius 3 is 2.28 bits per heavy atom. The van der Waals surface area contributed by atoms with E-state index in [1.54, 1.807) is 18.2 Å². The first-order valence-corrected chi connectivity index (χ1v) is 10.6. The van der Waals surface area contributed by atoms with Gasteiger partial charge in [-0.3, -0.25) is 9.59 Å². The Morgan fingerprint density at radius 1 is 0.844 bits per heavy atom. The first kappa shape index (κ1) is 19.9. The monoisotopic (exact) mass is 426 g/mol. The molecule has 2 heterocycles. The van der Waals surface area contributed by atoms with E-state index in [0.717, 1.165) is 12.0 Å². The van der Waals surface area contributed by atoms with E-state index >= 15 is 0 Å². The van der Waals surface area contributed by atoms with Crippen molar-refractivity contribution in [1.29, 1.82) is 0 Å². The Balaban J connectivity index is 1.55. The molecule has 0 aliphatic carbocycles. The van der Waals surface area contributed by atoms with E-state index in [2.05, 4.69) is 12.2 Å². The zero-order valence-corrected chi connectivity index (χ0v) is 17.6. The molecule has 2 amide bonds. The molecule has 0 saturated carbocycles. The maximum Gasteiger partial charge on any atom is 0.282 e. The molecule has 2 aliphatic heterocycles. The highest BCUT2D eigenvalue weighted by Gasteiger charge is 2.40. The number of carbonyl (C=O) groups excluding carboxylic acids is 2. The lowest BCUT2D eigenvalue weighted by atomic mass is 10.0. The van der Waals surface area contributed by atoms with E-state index in [-0.39, 0.29) is 11.6 Å². The van der Waals surface area contributed by atoms with Crippen LogP contribution in [0.3, 0.4) is 0 Å². The highest BCUT2D eigenvalue weighted by molar-refractivity contribution is 6.46. The number of benzene rings is 3. The second-order valence-corrected chi connectivity index (χ2v) is 7.57. The summed E-state index contributed by atoms with van der Waals surface area (Å²) in [5.74, 6) is 0.510. The predicted molar refractivity (Wildman–Crippen MR) is 123 cm³/mol. The molecule has 0 bridgehead atoms. The minimum absolute atomic E-state index is 0.234. The molecule has 3 aromatic carbocycles. The van der Waals surface area contributed by atoms with E-state index in [4.69, 9.17) is 9.47 Å². The van der Waals surface area contributed by atoms with Crippen molar-refractivity contribution < 1.29 is 19.1 Å². The summed E-state index contributed by atoms with van der Waals surface area (Å²) in [7, 11) is 0. The number of imide groups is 1. The molecular weight excluding hydrogens is 404 g/mol. The minimum Gasteiger partial charge on any atom is -0.486 e. The molecule has 2 aliphatic rings. The topological polar surface area (TPSA) is 67.9 Å². The summed E-state index contributed by atoms with van der Waals surface area (Å²) < 4.78 is 11.2. The third-order valence-corrected chi connectivity index (χ3v) is 5.56. The summed E-state index contributed by atoms with van der Waals surface area (Å²) >= 11 is 0. The summed E-state index contributed by atoms with van der Waals surface area (Å²) in [5, 5.41) is 3.17. The van der Waals surface area contributed by atoms with Crippen LogP contribution in [-0.2, 0) is 16.0 Å². The van der Waals surface area contributed by atoms with Gasteiger partial charge in [0.2, 0.25) is 0 Å². The fourth-order valence-corrected chi connectivity index (χ4v) is 3.90. The third-order valence-electron chi connectivity index (χ3n) is 5.56. The molecule has 3 aromatic rings. The maximum atomic E-state index is 13.5. The maximum absolute atomic E-state index is 13.5. The number of nitrogens with zero attached hydrogens (tertiary/aromatic N) is 1. The standard InChI is InChI=1S/C26H22N2O4/c1-2-17-8-11-20(12-9-17)28-25(29)23(18-6-4-3-5-7-18)24(26(28)30)27-19-10-13-21-22(16-19)32-15-14-31-21/h3-13,16,27H,2,14-15H2,1H3. The molecule has 6 heteroatoms. The SMILES string of the molecule is CCc1ccc(N2C(=O)C(Nc3ccc4c(c3)OCCO4)=C(c3ccccc3)C2=O)cc1. The third kappa shape index (κ3) is 3.50. The van der Waals surface area contributed by atoms with Gasteiger partial charge < -0.3 is 14.8 Å². The molecule has 0 aromatic heterocycles. The van der Waals surface area contributed by atoms with E-state index in [9.17, 15) is 9.59 Å². The van der Waals surface area contributed by atoms with Gasteiger partial charge in [-0.1, -0.05) is 49.4 Å². The largest absolute Gasteiger partial charge is 0.486 e. The van der Waals surface area contributed by atoms with Crippen molar-refractivity contribution in [3.05, 3.63) is 89.6 Å². The zero-order chi connectivity index (χ0) is 22.1. The van der Waals surface area contributed by atoms with Crippen molar-refractivity contribution in [2.45, 2.75) is 13.3 Å². The van der Waals surface area contributed by atoms with Gasteiger partial charge >= 0.3 is 0 Å². The number of rotatable bonds is 5. The van der Waals surface area contributed by atoms with Crippen molar-refractivity contribution in [3.63, 3.8) is 0 Å². The first-order chi connectivity index (χ1) is 15.7. The highest BCUT2D eigenvalue weighted by atomic mass is 16.6. The normalized spacial score (nSPS) is 15.3. The highest BCUT2D eigenvalue weighted by Crippen LogP contribution is 2.36. The summed E-state index contributed by atoms with van der Waals surface area (Å²) in [6.07, 6.45) is 0.882. The van der Waals surface area contributed by atoms with Gasteiger partial charge in [-0.15, -0.1) is 0 Å². The van der Waals surface area contributed by atoms with Crippen LogP contribution < -0.4 is 19.7 Å². The van der Waals surface area contributed by atoms with Crippen LogP contribution in [0.1, 0.15) is 18.1 Å². The summed E-state index contributed by atoms with van der Waals surface area (Å²) in [6.45, 7) is 3.03. The number of hydrogen-bond acceptors (Lipinski definition) is 5. The molecule has 32 heavy (non-hydrogen) atoms. The number of anilines is 2. The quantitative estimate of drug-likeness (QED) is 0.612. The lowest BCUT2D eigenvalue weighted by Crippen LogP contribution is -2.32. The smallest absolute Gasteiger partial charge is 0.282 e. The van der Waals surface area contributed by atoms with Gasteiger partial charge in [0.15, 0.2) is 11.5 Å². The van der Waals surface area contributed by atoms with Gasteiger partial charge in [0.1, 0.15) is 18.9 Å². The summed E-state index contributed by atoms with van der Waals surface area (Å²) in [4.78, 5) is 28.2. The average Bonchev–Trinajstić information content (AvgIpc) is 3.08. The number of amides is 2. The van der Waals surface area contributed by atoms with Gasteiger partial charge in [-0.25, -0.2) is 4.90 Å². The van der Waals surface area contributed by atoms with E-state index < -0.39 is 5.91 Å². The molecule has 0 atom stereocenters. The van der Waals surface area contributed by atoms with Crippen molar-refractivity contribution in [1.82, 2.24) is 0 Å². The molecule has 1 N–H and O–H groups in total. The number of carbonyl (C=O) groups is 2. The number of hydrogen-bond donors (Lipinski definition) is 1. The van der Waals surface area contributed by atoms with Crippen LogP contribution in [-0.4, -0.2) is 25.0 Å². The number of fused-ring (bicyclic) bond motifs is 1. The molecule has 160 valence electrons. The molecule has 0 unspecified atom stereocenters. The van der Waals surface area contributed by atoms with Gasteiger partial charge in [-0.05, 0) is 41.8 Å². The second-order valence-electron chi connectivity index (χ2n) is 7.57. The molecule has 5 rings (SSSR count). The lowest BCUT2D eigenvalue weighted by Gasteiger charge is -2.19. The van der Waals surface area contributed by atoms with Crippen molar-refractivity contribution in [2.24, 2.45) is 0 Å². The van der Waals surface area contributed by atoms with Gasteiger partial charge in [0, 0.05) is 11.8 Å². The zero-order valence-electron chi connectivity index (χ0n) is 17.6.